The van der Waals surface area contributed by atoms with Gasteiger partial charge >= 0.3 is 6.18 Å². The van der Waals surface area contributed by atoms with Crippen LogP contribution in [0.4, 0.5) is 18.9 Å². The number of amides is 1. The van der Waals surface area contributed by atoms with Gasteiger partial charge in [-0.25, -0.2) is 0 Å². The number of nitrogens with zero attached hydrogens (tertiary/aromatic N) is 1. The van der Waals surface area contributed by atoms with Gasteiger partial charge in [-0.3, -0.25) is 4.79 Å². The van der Waals surface area contributed by atoms with Crippen molar-refractivity contribution < 1.29 is 23.1 Å². The largest absolute Gasteiger partial charge is 0.391 e. The lowest BCUT2D eigenvalue weighted by Crippen LogP contribution is -2.20. The van der Waals surface area contributed by atoms with Gasteiger partial charge in [-0.2, -0.15) is 13.2 Å². The van der Waals surface area contributed by atoms with Crippen LogP contribution in [0.15, 0.2) is 18.2 Å². The summed E-state index contributed by atoms with van der Waals surface area (Å²) in [6.07, 6.45) is -7.12. The Morgan fingerprint density at radius 1 is 1.44 bits per heavy atom. The molecule has 18 heavy (non-hydrogen) atoms. The summed E-state index contributed by atoms with van der Waals surface area (Å²) in [6, 6.07) is 4.45. The number of alkyl halides is 3. The van der Waals surface area contributed by atoms with E-state index in [0.29, 0.717) is 11.3 Å². The molecule has 1 aromatic rings. The fourth-order valence-electron chi connectivity index (χ4n) is 2.03. The lowest BCUT2D eigenvalue weighted by Gasteiger charge is -2.15. The summed E-state index contributed by atoms with van der Waals surface area (Å²) in [5.74, 6) is -0.104. The standard InChI is InChI=1S/C12H12F3NO2/c1-16-9-3-2-7(4-8(9)5-11(16)18)10(17)6-12(13,14)15/h2-4,10,17H,5-6H2,1H3. The van der Waals surface area contributed by atoms with E-state index >= 15 is 0 Å². The number of hydrogen-bond acceptors (Lipinski definition) is 2. The number of likely N-dealkylation sites (N-methyl/N-ethyl adjacent to an activating group) is 1. The van der Waals surface area contributed by atoms with Crippen molar-refractivity contribution in [3.05, 3.63) is 29.3 Å². The Kier molecular flexibility index (Phi) is 3.06. The van der Waals surface area contributed by atoms with Gasteiger partial charge in [0.2, 0.25) is 5.91 Å². The molecule has 1 aromatic carbocycles. The molecule has 0 aromatic heterocycles. The summed E-state index contributed by atoms with van der Waals surface area (Å²) >= 11 is 0. The number of carbonyl (C=O) groups excluding carboxylic acids is 1. The van der Waals surface area contributed by atoms with Crippen LogP contribution in [0.3, 0.4) is 0 Å². The lowest BCUT2D eigenvalue weighted by molar-refractivity contribution is -0.154. The number of carbonyl (C=O) groups is 1. The smallest absolute Gasteiger partial charge is 0.388 e. The molecular formula is C12H12F3NO2. The van der Waals surface area contributed by atoms with Crippen LogP contribution in [0.1, 0.15) is 23.7 Å². The zero-order chi connectivity index (χ0) is 13.5. The Morgan fingerprint density at radius 2 is 2.11 bits per heavy atom. The molecule has 1 aliphatic rings. The number of halogens is 3. The van der Waals surface area contributed by atoms with Crippen LogP contribution in [0.5, 0.6) is 0 Å². The summed E-state index contributed by atoms with van der Waals surface area (Å²) < 4.78 is 36.5. The first-order chi connectivity index (χ1) is 8.28. The van der Waals surface area contributed by atoms with E-state index < -0.39 is 18.7 Å². The molecule has 1 N–H and O–H groups in total. The molecule has 1 atom stereocenters. The number of benzene rings is 1. The minimum atomic E-state index is -4.41. The first kappa shape index (κ1) is 12.9. The third-order valence-corrected chi connectivity index (χ3v) is 2.99. The molecule has 1 amide bonds. The van der Waals surface area contributed by atoms with Gasteiger partial charge in [-0.15, -0.1) is 0 Å². The number of hydrogen-bond donors (Lipinski definition) is 1. The van der Waals surface area contributed by atoms with Gasteiger partial charge in [0.15, 0.2) is 0 Å². The van der Waals surface area contributed by atoms with Crippen molar-refractivity contribution in [3.8, 4) is 0 Å². The van der Waals surface area contributed by atoms with Crippen LogP contribution < -0.4 is 4.90 Å². The van der Waals surface area contributed by atoms with Gasteiger partial charge in [0, 0.05) is 12.7 Å². The van der Waals surface area contributed by atoms with E-state index in [-0.39, 0.29) is 17.9 Å². The third-order valence-electron chi connectivity index (χ3n) is 2.99. The van der Waals surface area contributed by atoms with Crippen molar-refractivity contribution in [2.75, 3.05) is 11.9 Å². The molecule has 1 unspecified atom stereocenters. The summed E-state index contributed by atoms with van der Waals surface area (Å²) in [7, 11) is 1.61. The first-order valence-corrected chi connectivity index (χ1v) is 5.42. The number of fused-ring (bicyclic) bond motifs is 1. The highest BCUT2D eigenvalue weighted by atomic mass is 19.4. The van der Waals surface area contributed by atoms with E-state index in [9.17, 15) is 23.1 Å². The molecular weight excluding hydrogens is 247 g/mol. The average molecular weight is 259 g/mol. The fourth-order valence-corrected chi connectivity index (χ4v) is 2.03. The highest BCUT2D eigenvalue weighted by Crippen LogP contribution is 2.34. The molecule has 0 spiro atoms. The second kappa shape index (κ2) is 4.28. The predicted octanol–water partition coefficient (Wildman–Crippen LogP) is 2.19. The minimum Gasteiger partial charge on any atom is -0.388 e. The fraction of sp³-hybridized carbons (Fsp3) is 0.417. The molecule has 0 radical (unpaired) electrons. The third kappa shape index (κ3) is 2.48. The molecule has 0 saturated heterocycles. The Labute approximate surface area is 102 Å². The van der Waals surface area contributed by atoms with Gasteiger partial charge in [0.1, 0.15) is 0 Å². The summed E-state index contributed by atoms with van der Waals surface area (Å²) in [5.41, 5.74) is 1.53. The Hall–Kier alpha value is -1.56. The molecule has 6 heteroatoms. The number of aliphatic hydroxyl groups is 1. The monoisotopic (exact) mass is 259 g/mol. The zero-order valence-corrected chi connectivity index (χ0v) is 9.66. The van der Waals surface area contributed by atoms with Gasteiger partial charge in [-0.1, -0.05) is 12.1 Å². The van der Waals surface area contributed by atoms with E-state index in [4.69, 9.17) is 0 Å². The van der Waals surface area contributed by atoms with Crippen LogP contribution in [0.2, 0.25) is 0 Å². The number of rotatable bonds is 2. The van der Waals surface area contributed by atoms with Crippen molar-refractivity contribution >= 4 is 11.6 Å². The van der Waals surface area contributed by atoms with Crippen LogP contribution in [-0.2, 0) is 11.2 Å². The van der Waals surface area contributed by atoms with Crippen molar-refractivity contribution in [3.63, 3.8) is 0 Å². The van der Waals surface area contributed by atoms with E-state index in [1.165, 1.54) is 17.0 Å². The Morgan fingerprint density at radius 3 is 2.72 bits per heavy atom. The first-order valence-electron chi connectivity index (χ1n) is 5.42. The molecule has 0 fully saturated rings. The van der Waals surface area contributed by atoms with Crippen molar-refractivity contribution in [2.24, 2.45) is 0 Å². The highest BCUT2D eigenvalue weighted by Gasteiger charge is 2.32. The molecule has 1 aliphatic heterocycles. The van der Waals surface area contributed by atoms with Crippen LogP contribution >= 0.6 is 0 Å². The molecule has 98 valence electrons. The maximum Gasteiger partial charge on any atom is 0.391 e. The average Bonchev–Trinajstić information content (AvgIpc) is 2.52. The lowest BCUT2D eigenvalue weighted by atomic mass is 10.0. The molecule has 0 bridgehead atoms. The van der Waals surface area contributed by atoms with Gasteiger partial charge < -0.3 is 10.0 Å². The van der Waals surface area contributed by atoms with E-state index in [0.717, 1.165) is 0 Å². The molecule has 0 saturated carbocycles. The van der Waals surface area contributed by atoms with E-state index in [2.05, 4.69) is 0 Å². The Balaban J connectivity index is 2.23. The second-order valence-corrected chi connectivity index (χ2v) is 4.35. The minimum absolute atomic E-state index is 0.104. The van der Waals surface area contributed by atoms with Crippen LogP contribution in [-0.4, -0.2) is 24.2 Å². The van der Waals surface area contributed by atoms with Gasteiger partial charge in [0.05, 0.1) is 18.9 Å². The second-order valence-electron chi connectivity index (χ2n) is 4.35. The quantitative estimate of drug-likeness (QED) is 0.884. The Bertz CT molecular complexity index is 485. The number of aliphatic hydroxyl groups excluding tert-OH is 1. The van der Waals surface area contributed by atoms with Crippen molar-refractivity contribution in [2.45, 2.75) is 25.1 Å². The zero-order valence-electron chi connectivity index (χ0n) is 9.66. The van der Waals surface area contributed by atoms with E-state index in [1.54, 1.807) is 13.1 Å². The topological polar surface area (TPSA) is 40.5 Å². The molecule has 0 aliphatic carbocycles. The molecule has 2 rings (SSSR count). The maximum atomic E-state index is 12.2. The molecule has 3 nitrogen and oxygen atoms in total. The van der Waals surface area contributed by atoms with Crippen LogP contribution in [0, 0.1) is 0 Å². The van der Waals surface area contributed by atoms with Gasteiger partial charge in [0.25, 0.3) is 0 Å². The highest BCUT2D eigenvalue weighted by molar-refractivity contribution is 6.00. The predicted molar refractivity (Wildman–Crippen MR) is 59.2 cm³/mol. The van der Waals surface area contributed by atoms with Crippen molar-refractivity contribution in [1.29, 1.82) is 0 Å². The number of anilines is 1. The SMILES string of the molecule is CN1C(=O)Cc2cc(C(O)CC(F)(F)F)ccc21. The summed E-state index contributed by atoms with van der Waals surface area (Å²) in [5, 5.41) is 9.50. The molecule has 1 heterocycles. The van der Waals surface area contributed by atoms with E-state index in [1.807, 2.05) is 0 Å². The van der Waals surface area contributed by atoms with Gasteiger partial charge in [-0.05, 0) is 17.2 Å². The van der Waals surface area contributed by atoms with Crippen LogP contribution in [0.25, 0.3) is 0 Å². The van der Waals surface area contributed by atoms with Crippen molar-refractivity contribution in [1.82, 2.24) is 0 Å². The maximum absolute atomic E-state index is 12.2. The normalized spacial score (nSPS) is 16.9. The summed E-state index contributed by atoms with van der Waals surface area (Å²) in [4.78, 5) is 12.9. The summed E-state index contributed by atoms with van der Waals surface area (Å²) in [6.45, 7) is 0.